The molecule has 0 aromatic rings. The minimum absolute atomic E-state index is 0.523. The van der Waals surface area contributed by atoms with Crippen LogP contribution in [0.4, 0.5) is 0 Å². The fourth-order valence-electron chi connectivity index (χ4n) is 1.51. The third-order valence-corrected chi connectivity index (χ3v) is 3.79. The van der Waals surface area contributed by atoms with Gasteiger partial charge in [0.05, 0.1) is 0 Å². The Kier molecular flexibility index (Phi) is 5.79. The second kappa shape index (κ2) is 6.90. The molecule has 0 aliphatic carbocycles. The summed E-state index contributed by atoms with van der Waals surface area (Å²) in [5.41, 5.74) is 0.523. The van der Waals surface area contributed by atoms with Crippen molar-refractivity contribution >= 4 is 17.7 Å². The van der Waals surface area contributed by atoms with Gasteiger partial charge in [-0.2, -0.15) is 11.8 Å². The van der Waals surface area contributed by atoms with E-state index in [1.54, 1.807) is 0 Å². The summed E-state index contributed by atoms with van der Waals surface area (Å²) in [6.07, 6.45) is 4.62. The highest BCUT2D eigenvalue weighted by molar-refractivity contribution is 8.00. The predicted octanol–water partition coefficient (Wildman–Crippen LogP) is 2.32. The number of rotatable bonds is 5. The highest BCUT2D eigenvalue weighted by Gasteiger charge is 2.13. The molecule has 1 heterocycles. The maximum Gasteiger partial charge on any atom is 0.331 e. The summed E-state index contributed by atoms with van der Waals surface area (Å²) in [6, 6.07) is 0. The van der Waals surface area contributed by atoms with Crippen LogP contribution >= 0.6 is 11.8 Å². The zero-order chi connectivity index (χ0) is 11.1. The van der Waals surface area contributed by atoms with E-state index in [-0.39, 0.29) is 0 Å². The van der Waals surface area contributed by atoms with Crippen molar-refractivity contribution in [2.24, 2.45) is 0 Å². The lowest BCUT2D eigenvalue weighted by Crippen LogP contribution is -2.17. The third kappa shape index (κ3) is 4.71. The number of carboxylic acids is 1. The summed E-state index contributed by atoms with van der Waals surface area (Å²) in [4.78, 5) is 10.7. The Morgan fingerprint density at radius 3 is 2.73 bits per heavy atom. The van der Waals surface area contributed by atoms with Crippen LogP contribution in [0, 0.1) is 0 Å². The van der Waals surface area contributed by atoms with Crippen molar-refractivity contribution < 1.29 is 14.6 Å². The largest absolute Gasteiger partial charge is 0.478 e. The van der Waals surface area contributed by atoms with Crippen LogP contribution in [-0.4, -0.2) is 35.3 Å². The third-order valence-electron chi connectivity index (χ3n) is 2.49. The Morgan fingerprint density at radius 2 is 2.20 bits per heavy atom. The van der Waals surface area contributed by atoms with Crippen molar-refractivity contribution in [2.75, 3.05) is 19.0 Å². The van der Waals surface area contributed by atoms with Gasteiger partial charge in [0.1, 0.15) is 0 Å². The maximum absolute atomic E-state index is 10.7. The fraction of sp³-hybridized carbons (Fsp3) is 0.727. The summed E-state index contributed by atoms with van der Waals surface area (Å²) in [5, 5.41) is 9.45. The van der Waals surface area contributed by atoms with Crippen molar-refractivity contribution in [1.82, 2.24) is 0 Å². The summed E-state index contributed by atoms with van der Waals surface area (Å²) in [6.45, 7) is 3.57. The number of carbonyl (C=O) groups is 1. The molecule has 0 unspecified atom stereocenters. The molecule has 1 saturated heterocycles. The first-order chi connectivity index (χ1) is 7.24. The van der Waals surface area contributed by atoms with Gasteiger partial charge in [0.15, 0.2) is 0 Å². The Hall–Kier alpha value is -0.480. The predicted molar refractivity (Wildman–Crippen MR) is 62.3 cm³/mol. The molecule has 1 N–H and O–H groups in total. The molecule has 0 spiro atoms. The van der Waals surface area contributed by atoms with E-state index in [1.165, 1.54) is 0 Å². The molecule has 0 saturated carbocycles. The summed E-state index contributed by atoms with van der Waals surface area (Å²) < 4.78 is 5.26. The van der Waals surface area contributed by atoms with E-state index in [2.05, 4.69) is 0 Å². The minimum Gasteiger partial charge on any atom is -0.478 e. The molecule has 86 valence electrons. The van der Waals surface area contributed by atoms with E-state index in [1.807, 2.05) is 24.8 Å². The molecule has 0 aromatic carbocycles. The van der Waals surface area contributed by atoms with E-state index in [0.29, 0.717) is 17.2 Å². The number of aliphatic carboxylic acids is 1. The van der Waals surface area contributed by atoms with Crippen molar-refractivity contribution in [3.8, 4) is 0 Å². The molecule has 0 radical (unpaired) electrons. The summed E-state index contributed by atoms with van der Waals surface area (Å²) >= 11 is 1.84. The van der Waals surface area contributed by atoms with Crippen LogP contribution in [0.25, 0.3) is 0 Å². The number of hydrogen-bond donors (Lipinski definition) is 1. The molecular formula is C11H18O3S. The van der Waals surface area contributed by atoms with E-state index in [4.69, 9.17) is 9.84 Å². The number of hydrogen-bond acceptors (Lipinski definition) is 3. The lowest BCUT2D eigenvalue weighted by atomic mass is 10.2. The normalized spacial score (nSPS) is 19.1. The Balaban J connectivity index is 2.26. The van der Waals surface area contributed by atoms with Crippen molar-refractivity contribution in [3.63, 3.8) is 0 Å². The van der Waals surface area contributed by atoms with Gasteiger partial charge in [-0.3, -0.25) is 0 Å². The van der Waals surface area contributed by atoms with Crippen LogP contribution in [0.3, 0.4) is 0 Å². The van der Waals surface area contributed by atoms with Crippen LogP contribution in [0.15, 0.2) is 11.6 Å². The quantitative estimate of drug-likeness (QED) is 0.736. The Morgan fingerprint density at radius 1 is 1.53 bits per heavy atom. The van der Waals surface area contributed by atoms with Crippen LogP contribution in [0.1, 0.15) is 26.2 Å². The summed E-state index contributed by atoms with van der Waals surface area (Å²) in [7, 11) is 0. The van der Waals surface area contributed by atoms with Gasteiger partial charge in [-0.15, -0.1) is 0 Å². The van der Waals surface area contributed by atoms with Gasteiger partial charge in [-0.05, 0) is 19.3 Å². The average Bonchev–Trinajstić information content (AvgIpc) is 2.25. The molecule has 0 amide bonds. The van der Waals surface area contributed by atoms with Gasteiger partial charge < -0.3 is 9.84 Å². The minimum atomic E-state index is -0.787. The maximum atomic E-state index is 10.7. The zero-order valence-electron chi connectivity index (χ0n) is 9.07. The van der Waals surface area contributed by atoms with Crippen LogP contribution < -0.4 is 0 Å². The van der Waals surface area contributed by atoms with Gasteiger partial charge in [0.2, 0.25) is 0 Å². The van der Waals surface area contributed by atoms with Gasteiger partial charge in [0, 0.05) is 29.8 Å². The van der Waals surface area contributed by atoms with Gasteiger partial charge >= 0.3 is 5.97 Å². The molecule has 3 nitrogen and oxygen atoms in total. The molecule has 0 aromatic heterocycles. The van der Waals surface area contributed by atoms with E-state index in [0.717, 1.165) is 31.8 Å². The molecule has 0 atom stereocenters. The topological polar surface area (TPSA) is 46.5 Å². The molecule has 1 aliphatic rings. The van der Waals surface area contributed by atoms with E-state index >= 15 is 0 Å². The van der Waals surface area contributed by atoms with Crippen molar-refractivity contribution in [2.45, 2.75) is 31.4 Å². The smallest absolute Gasteiger partial charge is 0.331 e. The number of thioether (sulfide) groups is 1. The molecular weight excluding hydrogens is 212 g/mol. The number of ether oxygens (including phenoxy) is 1. The lowest BCUT2D eigenvalue weighted by Gasteiger charge is -2.20. The van der Waals surface area contributed by atoms with Gasteiger partial charge in [-0.1, -0.05) is 13.0 Å². The highest BCUT2D eigenvalue weighted by atomic mass is 32.2. The molecule has 1 aliphatic heterocycles. The lowest BCUT2D eigenvalue weighted by molar-refractivity contribution is -0.132. The Labute approximate surface area is 94.9 Å². The first-order valence-electron chi connectivity index (χ1n) is 5.35. The highest BCUT2D eigenvalue weighted by Crippen LogP contribution is 2.22. The van der Waals surface area contributed by atoms with E-state index in [9.17, 15) is 4.79 Å². The molecule has 1 fully saturated rings. The van der Waals surface area contributed by atoms with Crippen LogP contribution in [0.2, 0.25) is 0 Å². The SMILES string of the molecule is CCC(=CCSC1CCOCC1)C(=O)O. The zero-order valence-corrected chi connectivity index (χ0v) is 9.89. The van der Waals surface area contributed by atoms with Crippen molar-refractivity contribution in [3.05, 3.63) is 11.6 Å². The molecule has 0 bridgehead atoms. The summed E-state index contributed by atoms with van der Waals surface area (Å²) in [5.74, 6) is 0.0187. The van der Waals surface area contributed by atoms with Crippen LogP contribution in [-0.2, 0) is 9.53 Å². The average molecular weight is 230 g/mol. The van der Waals surface area contributed by atoms with E-state index < -0.39 is 5.97 Å². The van der Waals surface area contributed by atoms with Crippen LogP contribution in [0.5, 0.6) is 0 Å². The second-order valence-corrected chi connectivity index (χ2v) is 4.87. The number of carboxylic acid groups (broad SMARTS) is 1. The Bertz CT molecular complexity index is 232. The van der Waals surface area contributed by atoms with Gasteiger partial charge in [-0.25, -0.2) is 4.79 Å². The second-order valence-electron chi connectivity index (χ2n) is 3.53. The standard InChI is InChI=1S/C11H18O3S/c1-2-9(11(12)13)5-8-15-10-3-6-14-7-4-10/h5,10H,2-4,6-8H2,1H3,(H,12,13). The monoisotopic (exact) mass is 230 g/mol. The molecule has 15 heavy (non-hydrogen) atoms. The van der Waals surface area contributed by atoms with Gasteiger partial charge in [0.25, 0.3) is 0 Å². The first-order valence-corrected chi connectivity index (χ1v) is 6.40. The van der Waals surface area contributed by atoms with Crippen molar-refractivity contribution in [1.29, 1.82) is 0 Å². The fourth-order valence-corrected chi connectivity index (χ4v) is 2.61. The molecule has 1 rings (SSSR count). The molecule has 4 heteroatoms. The first kappa shape index (κ1) is 12.6.